The van der Waals surface area contributed by atoms with Gasteiger partial charge in [-0.1, -0.05) is 6.07 Å². The fourth-order valence-corrected chi connectivity index (χ4v) is 2.46. The summed E-state index contributed by atoms with van der Waals surface area (Å²) in [5, 5.41) is 0. The van der Waals surface area contributed by atoms with E-state index in [1.165, 1.54) is 27.9 Å². The number of benzene rings is 1. The molecule has 19 heavy (non-hydrogen) atoms. The number of nitrogens with zero attached hydrogens (tertiary/aromatic N) is 2. The van der Waals surface area contributed by atoms with Gasteiger partial charge in [0, 0.05) is 24.7 Å². The number of hydrogen-bond donors (Lipinski definition) is 1. The normalized spacial score (nSPS) is 11.1. The van der Waals surface area contributed by atoms with Crippen LogP contribution in [0.2, 0.25) is 0 Å². The van der Waals surface area contributed by atoms with Crippen LogP contribution >= 0.6 is 0 Å². The predicted octanol–water partition coefficient (Wildman–Crippen LogP) is 2.82. The second-order valence-corrected chi connectivity index (χ2v) is 5.31. The monoisotopic (exact) mass is 257 g/mol. The fraction of sp³-hybridized carbons (Fsp3) is 0.438. The molecule has 1 aromatic carbocycles. The third-order valence-corrected chi connectivity index (χ3v) is 3.94. The van der Waals surface area contributed by atoms with Crippen molar-refractivity contribution < 1.29 is 0 Å². The molecule has 0 aliphatic heterocycles. The molecule has 0 bridgehead atoms. The van der Waals surface area contributed by atoms with Crippen molar-refractivity contribution in [2.24, 2.45) is 12.8 Å². The van der Waals surface area contributed by atoms with Gasteiger partial charge in [-0.2, -0.15) is 0 Å². The zero-order valence-electron chi connectivity index (χ0n) is 12.5. The minimum absolute atomic E-state index is 0.635. The zero-order chi connectivity index (χ0) is 14.2. The lowest BCUT2D eigenvalue weighted by Gasteiger charge is -2.09. The van der Waals surface area contributed by atoms with Gasteiger partial charge < -0.3 is 10.3 Å². The summed E-state index contributed by atoms with van der Waals surface area (Å²) in [5.74, 6) is 1.06. The summed E-state index contributed by atoms with van der Waals surface area (Å²) in [6.07, 6.45) is 0.821. The maximum atomic E-state index is 5.65. The first-order valence-electron chi connectivity index (χ1n) is 6.76. The summed E-state index contributed by atoms with van der Waals surface area (Å²) < 4.78 is 2.15. The summed E-state index contributed by atoms with van der Waals surface area (Å²) in [6.45, 7) is 9.21. The average molecular weight is 257 g/mol. The van der Waals surface area contributed by atoms with Crippen LogP contribution in [0.4, 0.5) is 0 Å². The minimum atomic E-state index is 0.635. The highest BCUT2D eigenvalue weighted by molar-refractivity contribution is 5.67. The summed E-state index contributed by atoms with van der Waals surface area (Å²) >= 11 is 0. The SMILES string of the molecule is Cc1cc(C)c(-c2nc(CCN)n(C)c2C)cc1C. The van der Waals surface area contributed by atoms with Gasteiger partial charge in [-0.3, -0.25) is 0 Å². The van der Waals surface area contributed by atoms with Gasteiger partial charge in [-0.15, -0.1) is 0 Å². The van der Waals surface area contributed by atoms with E-state index in [2.05, 4.69) is 51.4 Å². The highest BCUT2D eigenvalue weighted by Gasteiger charge is 2.14. The van der Waals surface area contributed by atoms with Crippen molar-refractivity contribution in [3.63, 3.8) is 0 Å². The molecule has 0 amide bonds. The average Bonchev–Trinajstić information content (AvgIpc) is 2.63. The van der Waals surface area contributed by atoms with Gasteiger partial charge in [0.2, 0.25) is 0 Å². The number of imidazole rings is 1. The van der Waals surface area contributed by atoms with E-state index in [1.54, 1.807) is 0 Å². The Morgan fingerprint density at radius 3 is 2.32 bits per heavy atom. The zero-order valence-corrected chi connectivity index (χ0v) is 12.5. The molecule has 3 nitrogen and oxygen atoms in total. The first-order chi connectivity index (χ1) is 8.95. The fourth-order valence-electron chi connectivity index (χ4n) is 2.46. The van der Waals surface area contributed by atoms with Crippen molar-refractivity contribution in [3.8, 4) is 11.3 Å². The first kappa shape index (κ1) is 13.8. The number of rotatable bonds is 3. The van der Waals surface area contributed by atoms with E-state index in [0.717, 1.165) is 17.9 Å². The van der Waals surface area contributed by atoms with Crippen LogP contribution < -0.4 is 5.73 Å². The van der Waals surface area contributed by atoms with Gasteiger partial charge in [0.05, 0.1) is 5.69 Å². The van der Waals surface area contributed by atoms with E-state index in [-0.39, 0.29) is 0 Å². The number of nitrogens with two attached hydrogens (primary N) is 1. The quantitative estimate of drug-likeness (QED) is 0.919. The Morgan fingerprint density at radius 1 is 1.05 bits per heavy atom. The van der Waals surface area contributed by atoms with Crippen LogP contribution in [-0.2, 0) is 13.5 Å². The van der Waals surface area contributed by atoms with E-state index in [4.69, 9.17) is 10.7 Å². The molecule has 0 saturated carbocycles. The van der Waals surface area contributed by atoms with Crippen molar-refractivity contribution in [1.82, 2.24) is 9.55 Å². The molecule has 0 atom stereocenters. The van der Waals surface area contributed by atoms with Gasteiger partial charge in [-0.05, 0) is 57.0 Å². The van der Waals surface area contributed by atoms with E-state index < -0.39 is 0 Å². The molecule has 0 unspecified atom stereocenters. The molecule has 0 aliphatic carbocycles. The largest absolute Gasteiger partial charge is 0.335 e. The molecule has 102 valence electrons. The van der Waals surface area contributed by atoms with Crippen LogP contribution in [0.25, 0.3) is 11.3 Å². The van der Waals surface area contributed by atoms with Crippen LogP contribution in [-0.4, -0.2) is 16.1 Å². The molecule has 0 radical (unpaired) electrons. The van der Waals surface area contributed by atoms with Gasteiger partial charge in [0.15, 0.2) is 0 Å². The summed E-state index contributed by atoms with van der Waals surface area (Å²) in [4.78, 5) is 4.78. The van der Waals surface area contributed by atoms with Crippen LogP contribution in [0.3, 0.4) is 0 Å². The molecule has 0 spiro atoms. The van der Waals surface area contributed by atoms with Crippen LogP contribution in [0.5, 0.6) is 0 Å². The Bertz CT molecular complexity index is 609. The molecule has 2 N–H and O–H groups in total. The molecular weight excluding hydrogens is 234 g/mol. The van der Waals surface area contributed by atoms with E-state index in [0.29, 0.717) is 6.54 Å². The molecule has 0 fully saturated rings. The summed E-state index contributed by atoms with van der Waals surface area (Å²) in [7, 11) is 2.06. The van der Waals surface area contributed by atoms with Crippen molar-refractivity contribution in [2.75, 3.05) is 6.54 Å². The maximum Gasteiger partial charge on any atom is 0.110 e. The number of aromatic nitrogens is 2. The minimum Gasteiger partial charge on any atom is -0.335 e. The molecular formula is C16H23N3. The van der Waals surface area contributed by atoms with E-state index in [9.17, 15) is 0 Å². The third-order valence-electron chi connectivity index (χ3n) is 3.94. The van der Waals surface area contributed by atoms with Gasteiger partial charge in [0.1, 0.15) is 5.82 Å². The lowest BCUT2D eigenvalue weighted by Crippen LogP contribution is -2.08. The second kappa shape index (κ2) is 5.17. The topological polar surface area (TPSA) is 43.8 Å². The molecule has 2 rings (SSSR count). The highest BCUT2D eigenvalue weighted by Crippen LogP contribution is 2.28. The van der Waals surface area contributed by atoms with E-state index >= 15 is 0 Å². The first-order valence-corrected chi connectivity index (χ1v) is 6.76. The van der Waals surface area contributed by atoms with Gasteiger partial charge >= 0.3 is 0 Å². The van der Waals surface area contributed by atoms with Crippen molar-refractivity contribution in [2.45, 2.75) is 34.1 Å². The number of aryl methyl sites for hydroxylation is 3. The predicted molar refractivity (Wildman–Crippen MR) is 80.4 cm³/mol. The van der Waals surface area contributed by atoms with Gasteiger partial charge in [0.25, 0.3) is 0 Å². The van der Waals surface area contributed by atoms with Gasteiger partial charge in [-0.25, -0.2) is 4.98 Å². The smallest absolute Gasteiger partial charge is 0.110 e. The molecule has 0 saturated heterocycles. The van der Waals surface area contributed by atoms with Crippen molar-refractivity contribution >= 4 is 0 Å². The standard InChI is InChI=1S/C16H23N3/c1-10-8-12(3)14(9-11(10)2)16-13(4)19(5)15(18-16)6-7-17/h8-9H,6-7,17H2,1-5H3. The highest BCUT2D eigenvalue weighted by atomic mass is 15.1. The lowest BCUT2D eigenvalue weighted by molar-refractivity contribution is 0.761. The Kier molecular flexibility index (Phi) is 3.76. The van der Waals surface area contributed by atoms with Crippen LogP contribution in [0.1, 0.15) is 28.2 Å². The van der Waals surface area contributed by atoms with E-state index in [1.807, 2.05) is 0 Å². The maximum absolute atomic E-state index is 5.65. The summed E-state index contributed by atoms with van der Waals surface area (Å²) in [6, 6.07) is 4.48. The summed E-state index contributed by atoms with van der Waals surface area (Å²) in [5.41, 5.74) is 13.1. The molecule has 1 heterocycles. The van der Waals surface area contributed by atoms with Crippen molar-refractivity contribution in [3.05, 3.63) is 40.3 Å². The molecule has 2 aromatic rings. The third kappa shape index (κ3) is 2.43. The molecule has 0 aliphatic rings. The Labute approximate surface area is 115 Å². The molecule has 1 aromatic heterocycles. The van der Waals surface area contributed by atoms with Crippen molar-refractivity contribution in [1.29, 1.82) is 0 Å². The van der Waals surface area contributed by atoms with Crippen LogP contribution in [0, 0.1) is 27.7 Å². The molecule has 3 heteroatoms. The Morgan fingerprint density at radius 2 is 1.68 bits per heavy atom. The Hall–Kier alpha value is -1.61. The second-order valence-electron chi connectivity index (χ2n) is 5.31. The number of hydrogen-bond acceptors (Lipinski definition) is 2. The lowest BCUT2D eigenvalue weighted by atomic mass is 9.98. The van der Waals surface area contributed by atoms with Crippen LogP contribution in [0.15, 0.2) is 12.1 Å². The Balaban J connectivity index is 2.59.